The maximum atomic E-state index is 14.6. The van der Waals surface area contributed by atoms with Gasteiger partial charge >= 0.3 is 178 Å². The van der Waals surface area contributed by atoms with E-state index in [4.69, 9.17) is 9.97 Å². The number of carbonyl (C=O) groups excluding carboxylic acids is 2. The summed E-state index contributed by atoms with van der Waals surface area (Å²) in [5, 5.41) is 24.2. The zero-order valence-electron chi connectivity index (χ0n) is 37.1. The second kappa shape index (κ2) is 18.7. The molecule has 10 rings (SSSR count). The van der Waals surface area contributed by atoms with Crippen LogP contribution in [0.1, 0.15) is 68.7 Å². The number of β-amino-alcohol motifs (C(OH)–C–C–N with tert-alkyl or cyclic N) is 1. The molecule has 0 spiro atoms. The van der Waals surface area contributed by atoms with Gasteiger partial charge in [-0.15, -0.1) is 0 Å². The first kappa shape index (κ1) is 45.1. The van der Waals surface area contributed by atoms with Crippen molar-refractivity contribution in [2.45, 2.75) is 78.5 Å². The molecule has 0 saturated carbocycles. The van der Waals surface area contributed by atoms with Gasteiger partial charge in [-0.2, -0.15) is 5.10 Å². The molecule has 4 saturated heterocycles. The average Bonchev–Trinajstić information content (AvgIpc) is 4.15. The summed E-state index contributed by atoms with van der Waals surface area (Å²) in [7, 11) is 0. The van der Waals surface area contributed by atoms with Crippen LogP contribution in [0.2, 0.25) is 14.8 Å². The fourth-order valence-electron chi connectivity index (χ4n) is 9.47. The van der Waals surface area contributed by atoms with Crippen molar-refractivity contribution < 1.29 is 23.5 Å². The van der Waals surface area contributed by atoms with Crippen LogP contribution >= 0.6 is 15.9 Å². The van der Waals surface area contributed by atoms with Gasteiger partial charge < -0.3 is 20.2 Å². The smallest absolute Gasteiger partial charge is 0.322 e. The summed E-state index contributed by atoms with van der Waals surface area (Å²) in [6.07, 6.45) is 12.1. The number of hydrogen-bond acceptors (Lipinski definition) is 9. The number of rotatable bonds is 7. The number of aromatic nitrogens is 6. The number of halogens is 3. The van der Waals surface area contributed by atoms with Gasteiger partial charge in [-0.05, 0) is 71.3 Å². The molecule has 4 aromatic heterocycles. The minimum Gasteiger partial charge on any atom is -0.391 e. The Hall–Kier alpha value is -5.08. The number of aliphatic hydroxyl groups is 1. The second-order valence-corrected chi connectivity index (χ2v) is 33.9. The van der Waals surface area contributed by atoms with Gasteiger partial charge in [0.25, 0.3) is 0 Å². The number of aliphatic hydroxyl groups excluding tert-OH is 1. The Morgan fingerprint density at radius 2 is 1.23 bits per heavy atom. The Morgan fingerprint density at radius 3 is 1.72 bits per heavy atom. The van der Waals surface area contributed by atoms with E-state index in [1.54, 1.807) is 32.4 Å². The van der Waals surface area contributed by atoms with Crippen LogP contribution in [-0.4, -0.2) is 120 Å². The molecule has 3 N–H and O–H groups in total. The van der Waals surface area contributed by atoms with Crippen LogP contribution in [0, 0.1) is 17.6 Å². The van der Waals surface area contributed by atoms with Crippen molar-refractivity contribution in [3.8, 4) is 0 Å². The first-order chi connectivity index (χ1) is 31.2. The van der Waals surface area contributed by atoms with Crippen LogP contribution in [0.15, 0.2) is 77.8 Å². The Morgan fingerprint density at radius 1 is 0.708 bits per heavy atom. The van der Waals surface area contributed by atoms with E-state index >= 15 is 0 Å². The molecule has 65 heavy (non-hydrogen) atoms. The second-order valence-electron chi connectivity index (χ2n) is 18.7. The van der Waals surface area contributed by atoms with Crippen molar-refractivity contribution in [1.29, 1.82) is 0 Å². The Bertz CT molecular complexity index is 2730. The fraction of sp³-hybridized carbons (Fsp3) is 0.435. The number of nitrogens with zero attached hydrogens (tertiary/aromatic N) is 10. The molecule has 2 aromatic carbocycles. The number of benzene rings is 2. The molecule has 19 heteroatoms. The van der Waals surface area contributed by atoms with Crippen LogP contribution in [0.4, 0.5) is 41.4 Å². The fourth-order valence-corrected chi connectivity index (χ4v) is 13.9. The molecule has 0 radical (unpaired) electrons. The normalized spacial score (nSPS) is 21.1. The van der Waals surface area contributed by atoms with Gasteiger partial charge in [0.2, 0.25) is 0 Å². The van der Waals surface area contributed by atoms with E-state index in [0.29, 0.717) is 52.6 Å². The number of urea groups is 2. The third-order valence-electron chi connectivity index (χ3n) is 13.0. The number of amides is 4. The molecule has 4 aliphatic heterocycles. The number of likely N-dealkylation sites (tertiary alicyclic amines) is 2. The van der Waals surface area contributed by atoms with Gasteiger partial charge in [-0.25, -0.2) is 18.7 Å². The van der Waals surface area contributed by atoms with Crippen molar-refractivity contribution in [1.82, 2.24) is 39.0 Å². The van der Waals surface area contributed by atoms with Gasteiger partial charge in [-0.3, -0.25) is 0 Å². The number of carbonyl (C=O) groups is 2. The first-order valence-corrected chi connectivity index (χ1v) is 33.3. The monoisotopic (exact) mass is 1060 g/mol. The van der Waals surface area contributed by atoms with Crippen LogP contribution in [0.25, 0.3) is 11.3 Å². The van der Waals surface area contributed by atoms with Crippen molar-refractivity contribution >= 4 is 84.3 Å². The van der Waals surface area contributed by atoms with Crippen LogP contribution in [0.3, 0.4) is 0 Å². The summed E-state index contributed by atoms with van der Waals surface area (Å²) < 4.78 is 33.0. The molecular weight excluding hydrogens is 1010 g/mol. The van der Waals surface area contributed by atoms with Gasteiger partial charge in [0.1, 0.15) is 17.3 Å². The molecule has 4 amide bonds. The van der Waals surface area contributed by atoms with E-state index in [0.717, 1.165) is 84.6 Å². The summed E-state index contributed by atoms with van der Waals surface area (Å²) in [6, 6.07) is 14.6. The van der Waals surface area contributed by atoms with E-state index in [1.807, 2.05) is 47.6 Å². The Balaban J connectivity index is 0.000000165. The van der Waals surface area contributed by atoms with Gasteiger partial charge in [0.15, 0.2) is 5.65 Å². The third kappa shape index (κ3) is 9.61. The predicted octanol–water partition coefficient (Wildman–Crippen LogP) is 8.20. The summed E-state index contributed by atoms with van der Waals surface area (Å²) in [6.45, 7) is 6.29. The summed E-state index contributed by atoms with van der Waals surface area (Å²) in [4.78, 5) is 49.6. The topological polar surface area (TPSA) is 152 Å². The molecule has 342 valence electrons. The van der Waals surface area contributed by atoms with Gasteiger partial charge in [-0.1, -0.05) is 13.0 Å². The van der Waals surface area contributed by atoms with Crippen molar-refractivity contribution in [2.75, 3.05) is 59.7 Å². The maximum absolute atomic E-state index is 14.6. The van der Waals surface area contributed by atoms with E-state index in [2.05, 4.69) is 74.4 Å². The molecule has 4 aliphatic rings. The van der Waals surface area contributed by atoms with Crippen molar-refractivity contribution in [3.05, 3.63) is 101 Å². The molecule has 0 bridgehead atoms. The Kier molecular flexibility index (Phi) is 12.9. The van der Waals surface area contributed by atoms with E-state index < -0.39 is 24.5 Å². The molecule has 6 aromatic rings. The number of fused-ring (bicyclic) bond motifs is 2. The number of anilines is 4. The zero-order chi connectivity index (χ0) is 45.6. The first-order valence-electron chi connectivity index (χ1n) is 22.5. The molecule has 15 nitrogen and oxygen atoms in total. The summed E-state index contributed by atoms with van der Waals surface area (Å²) >= 11 is 0.706. The van der Waals surface area contributed by atoms with Crippen LogP contribution < -0.4 is 24.0 Å². The average molecular weight is 1060 g/mol. The minimum atomic E-state index is -2.57. The zero-order valence-corrected chi connectivity index (χ0v) is 41.5. The summed E-state index contributed by atoms with van der Waals surface area (Å²) in [5.41, 5.74) is 4.52. The molecule has 8 heterocycles. The van der Waals surface area contributed by atoms with Crippen LogP contribution in [0.5, 0.6) is 0 Å². The largest absolute Gasteiger partial charge is 0.391 e. The quantitative estimate of drug-likeness (QED) is 0.135. The van der Waals surface area contributed by atoms with Crippen molar-refractivity contribution in [2.24, 2.45) is 5.92 Å². The minimum absolute atomic E-state index is 0.0665. The van der Waals surface area contributed by atoms with Gasteiger partial charge in [0, 0.05) is 38.9 Å². The molecular formula is C46H55BrF2N12O3Sn. The standard InChI is InChI=1S/C22H24FN6O.C21H22BrFN6O2.3CH3.Sn/c1-15-8-11-27(14-15)22(30)25-18-13-24-29-12-9-20(26-21(18)29)28-10-2-3-19(28)16-4-6-17(23)7-5-16;22-15-10-13(3-4-16(15)23)18-2-1-7-28(18)19-6-9-29-20(26-19)17(11-24-29)25-21(31)27-8-5-14(30)12-27;;;;/h4-6,9,12-13,15,19H,2-3,8,10-11,14H2,1H3,(H,25,30);3-4,6,9-11,14,18,30H,1-2,5,7-8,12H2,(H,25,31);3*1H3;/t15-,19+;14-,18+;;;;/m00..../s1. The third-order valence-corrected chi connectivity index (χ3v) is 19.3. The molecule has 0 aliphatic carbocycles. The Labute approximate surface area is 389 Å². The van der Waals surface area contributed by atoms with Crippen molar-refractivity contribution in [3.63, 3.8) is 0 Å². The molecule has 4 atom stereocenters. The number of hydrogen-bond donors (Lipinski definition) is 3. The van der Waals surface area contributed by atoms with E-state index in [1.165, 1.54) is 6.07 Å². The molecule has 4 fully saturated rings. The van der Waals surface area contributed by atoms with E-state index in [9.17, 15) is 23.5 Å². The van der Waals surface area contributed by atoms with Crippen LogP contribution in [-0.2, 0) is 0 Å². The SMILES string of the molecule is C[C@H]1CCN(C(=O)Nc2cnn3ccc(N4CCC[C@@H]4c4ccc(F)[c]([Sn]([CH3])([CH3])[CH3])c4)nc23)C1.O=C(Nc1cnn2ccc(N3CCC[C@@H]3c3ccc(F)c(Br)c3)nc12)N1CC[C@H](O)C1. The number of nitrogens with one attached hydrogen (secondary N) is 2. The molecule has 0 unspecified atom stereocenters. The predicted molar refractivity (Wildman–Crippen MR) is 254 cm³/mol. The maximum Gasteiger partial charge on any atom is 0.322 e. The van der Waals surface area contributed by atoms with Gasteiger partial charge in [0.05, 0.1) is 22.8 Å². The van der Waals surface area contributed by atoms with E-state index in [-0.39, 0.29) is 35.8 Å². The summed E-state index contributed by atoms with van der Waals surface area (Å²) in [5.74, 6) is 1.82.